The molecule has 0 aliphatic heterocycles. The van der Waals surface area contributed by atoms with Gasteiger partial charge in [0.1, 0.15) is 5.75 Å². The summed E-state index contributed by atoms with van der Waals surface area (Å²) in [6.07, 6.45) is 4.56. The van der Waals surface area contributed by atoms with Gasteiger partial charge in [-0.25, -0.2) is 0 Å². The van der Waals surface area contributed by atoms with E-state index in [2.05, 4.69) is 24.3 Å². The highest BCUT2D eigenvalue weighted by molar-refractivity contribution is 6.21. The van der Waals surface area contributed by atoms with Crippen LogP contribution < -0.4 is 4.74 Å². The number of fused-ring (bicyclic) bond motifs is 1. The summed E-state index contributed by atoms with van der Waals surface area (Å²) in [5, 5.41) is 0.114. The second-order valence-electron chi connectivity index (χ2n) is 5.70. The van der Waals surface area contributed by atoms with Crippen LogP contribution >= 0.6 is 11.6 Å². The van der Waals surface area contributed by atoms with E-state index in [0.29, 0.717) is 5.92 Å². The molecule has 1 nitrogen and oxygen atoms in total. The minimum absolute atomic E-state index is 0.114. The van der Waals surface area contributed by atoms with E-state index in [-0.39, 0.29) is 5.38 Å². The van der Waals surface area contributed by atoms with Crippen LogP contribution in [0.2, 0.25) is 0 Å². The van der Waals surface area contributed by atoms with Crippen LogP contribution in [0.15, 0.2) is 54.6 Å². The fraction of sp³-hybridized carbons (Fsp3) is 0.368. The molecule has 2 aromatic carbocycles. The average Bonchev–Trinajstić information content (AvgIpc) is 2.69. The highest BCUT2D eigenvalue weighted by Gasteiger charge is 2.25. The zero-order valence-corrected chi connectivity index (χ0v) is 12.9. The third kappa shape index (κ3) is 3.59. The normalized spacial score (nSPS) is 21.4. The van der Waals surface area contributed by atoms with Gasteiger partial charge in [-0.3, -0.25) is 0 Å². The molecule has 3 rings (SSSR count). The molecule has 0 N–H and O–H groups in total. The molecule has 0 heterocycles. The van der Waals surface area contributed by atoms with Crippen molar-refractivity contribution in [3.05, 3.63) is 65.7 Å². The molecule has 2 aromatic rings. The average molecular weight is 301 g/mol. The largest absolute Gasteiger partial charge is 0.494 e. The van der Waals surface area contributed by atoms with Gasteiger partial charge in [0.05, 0.1) is 12.0 Å². The molecule has 21 heavy (non-hydrogen) atoms. The first-order valence-corrected chi connectivity index (χ1v) is 8.18. The summed E-state index contributed by atoms with van der Waals surface area (Å²) in [6, 6.07) is 18.6. The molecule has 110 valence electrons. The second-order valence-corrected chi connectivity index (χ2v) is 6.17. The first kappa shape index (κ1) is 14.5. The summed E-state index contributed by atoms with van der Waals surface area (Å²) in [7, 11) is 0. The second kappa shape index (κ2) is 7.00. The van der Waals surface area contributed by atoms with Crippen molar-refractivity contribution in [1.82, 2.24) is 0 Å². The summed E-state index contributed by atoms with van der Waals surface area (Å²) in [6.45, 7) is 0.736. The number of aryl methyl sites for hydroxylation is 1. The first-order valence-electron chi connectivity index (χ1n) is 7.74. The number of alkyl halides is 1. The van der Waals surface area contributed by atoms with Crippen molar-refractivity contribution in [2.45, 2.75) is 31.1 Å². The molecular weight excluding hydrogens is 280 g/mol. The lowest BCUT2D eigenvalue weighted by Crippen LogP contribution is -2.12. The topological polar surface area (TPSA) is 9.23 Å². The van der Waals surface area contributed by atoms with Gasteiger partial charge in [0.2, 0.25) is 0 Å². The lowest BCUT2D eigenvalue weighted by atomic mass is 9.93. The zero-order chi connectivity index (χ0) is 14.5. The highest BCUT2D eigenvalue weighted by atomic mass is 35.5. The first-order chi connectivity index (χ1) is 10.3. The highest BCUT2D eigenvalue weighted by Crippen LogP contribution is 2.39. The summed E-state index contributed by atoms with van der Waals surface area (Å²) in [5.74, 6) is 1.44. The van der Waals surface area contributed by atoms with Crippen LogP contribution in [0, 0.1) is 5.92 Å². The van der Waals surface area contributed by atoms with Gasteiger partial charge in [0.15, 0.2) is 0 Å². The molecular formula is C19H21ClO. The molecule has 0 amide bonds. The lowest BCUT2D eigenvalue weighted by molar-refractivity contribution is 0.268. The van der Waals surface area contributed by atoms with Gasteiger partial charge in [0.25, 0.3) is 0 Å². The lowest BCUT2D eigenvalue weighted by Gasteiger charge is -2.21. The van der Waals surface area contributed by atoms with Crippen molar-refractivity contribution < 1.29 is 4.74 Å². The quantitative estimate of drug-likeness (QED) is 0.543. The fourth-order valence-corrected chi connectivity index (χ4v) is 3.59. The molecule has 0 aromatic heterocycles. The van der Waals surface area contributed by atoms with Crippen molar-refractivity contribution >= 4 is 11.6 Å². The summed E-state index contributed by atoms with van der Waals surface area (Å²) in [5.41, 5.74) is 2.74. The molecule has 0 fully saturated rings. The molecule has 1 aliphatic rings. The van der Waals surface area contributed by atoms with Gasteiger partial charge in [0, 0.05) is 0 Å². The van der Waals surface area contributed by atoms with E-state index >= 15 is 0 Å². The van der Waals surface area contributed by atoms with E-state index in [9.17, 15) is 0 Å². The van der Waals surface area contributed by atoms with Gasteiger partial charge in [-0.05, 0) is 54.9 Å². The Bertz CT molecular complexity index is 567. The van der Waals surface area contributed by atoms with E-state index in [1.54, 1.807) is 0 Å². The molecule has 0 spiro atoms. The Morgan fingerprint density at radius 3 is 2.62 bits per heavy atom. The summed E-state index contributed by atoms with van der Waals surface area (Å²) < 4.78 is 5.83. The van der Waals surface area contributed by atoms with E-state index < -0.39 is 0 Å². The molecule has 2 heteroatoms. The third-order valence-electron chi connectivity index (χ3n) is 4.29. The van der Waals surface area contributed by atoms with E-state index in [4.69, 9.17) is 16.3 Å². The van der Waals surface area contributed by atoms with Gasteiger partial charge < -0.3 is 4.74 Å². The standard InChI is InChI=1S/C19H21ClO/c20-19-16(13-14-21-17-10-2-1-3-11-17)9-6-8-15-7-4-5-12-18(15)19/h1-5,7,10-12,16,19H,6,8-9,13-14H2. The van der Waals surface area contributed by atoms with Crippen LogP contribution in [0.1, 0.15) is 35.8 Å². The maximum Gasteiger partial charge on any atom is 0.119 e. The number of rotatable bonds is 4. The third-order valence-corrected chi connectivity index (χ3v) is 4.88. The molecule has 1 aliphatic carbocycles. The number of para-hydroxylation sites is 1. The van der Waals surface area contributed by atoms with Crippen molar-refractivity contribution in [3.8, 4) is 5.75 Å². The Morgan fingerprint density at radius 1 is 1.00 bits per heavy atom. The van der Waals surface area contributed by atoms with Crippen LogP contribution in [0.5, 0.6) is 5.75 Å². The Balaban J connectivity index is 1.61. The molecule has 0 radical (unpaired) electrons. The van der Waals surface area contributed by atoms with E-state index in [0.717, 1.165) is 25.2 Å². The van der Waals surface area contributed by atoms with Gasteiger partial charge in [-0.2, -0.15) is 0 Å². The maximum absolute atomic E-state index is 6.74. The summed E-state index contributed by atoms with van der Waals surface area (Å²) in [4.78, 5) is 0. The summed E-state index contributed by atoms with van der Waals surface area (Å²) >= 11 is 6.74. The van der Waals surface area contributed by atoms with Gasteiger partial charge in [-0.1, -0.05) is 42.5 Å². The van der Waals surface area contributed by atoms with Crippen LogP contribution in [0.3, 0.4) is 0 Å². The number of ether oxygens (including phenoxy) is 1. The van der Waals surface area contributed by atoms with Crippen molar-refractivity contribution in [3.63, 3.8) is 0 Å². The Labute approximate surface area is 131 Å². The smallest absolute Gasteiger partial charge is 0.119 e. The number of hydrogen-bond donors (Lipinski definition) is 0. The number of halogens is 1. The predicted octanol–water partition coefficient (Wildman–Crippen LogP) is 5.39. The van der Waals surface area contributed by atoms with Crippen LogP contribution in [0.4, 0.5) is 0 Å². The van der Waals surface area contributed by atoms with Crippen molar-refractivity contribution in [2.24, 2.45) is 5.92 Å². The molecule has 0 saturated carbocycles. The van der Waals surface area contributed by atoms with E-state index in [1.807, 2.05) is 30.3 Å². The minimum Gasteiger partial charge on any atom is -0.494 e. The Hall–Kier alpha value is -1.47. The zero-order valence-electron chi connectivity index (χ0n) is 12.2. The Morgan fingerprint density at radius 2 is 1.76 bits per heavy atom. The molecule has 0 saturated heterocycles. The fourth-order valence-electron chi connectivity index (χ4n) is 3.12. The molecule has 2 atom stereocenters. The van der Waals surface area contributed by atoms with Gasteiger partial charge >= 0.3 is 0 Å². The van der Waals surface area contributed by atoms with Crippen LogP contribution in [0.25, 0.3) is 0 Å². The predicted molar refractivity (Wildman–Crippen MR) is 88.0 cm³/mol. The van der Waals surface area contributed by atoms with Gasteiger partial charge in [-0.15, -0.1) is 11.6 Å². The minimum atomic E-state index is 0.114. The van der Waals surface area contributed by atoms with Crippen LogP contribution in [-0.2, 0) is 6.42 Å². The monoisotopic (exact) mass is 300 g/mol. The SMILES string of the molecule is ClC1c2ccccc2CCCC1CCOc1ccccc1. The van der Waals surface area contributed by atoms with Crippen molar-refractivity contribution in [2.75, 3.05) is 6.61 Å². The Kier molecular flexibility index (Phi) is 4.82. The maximum atomic E-state index is 6.74. The van der Waals surface area contributed by atoms with E-state index in [1.165, 1.54) is 24.0 Å². The molecule has 0 bridgehead atoms. The number of hydrogen-bond acceptors (Lipinski definition) is 1. The number of benzene rings is 2. The molecule has 2 unspecified atom stereocenters. The van der Waals surface area contributed by atoms with Crippen LogP contribution in [-0.4, -0.2) is 6.61 Å². The van der Waals surface area contributed by atoms with Crippen molar-refractivity contribution in [1.29, 1.82) is 0 Å².